The first kappa shape index (κ1) is 5.58. The molecule has 0 nitrogen and oxygen atoms in total. The highest BCUT2D eigenvalue weighted by molar-refractivity contribution is 5.70. The second kappa shape index (κ2) is 1.52. The second-order valence-electron chi connectivity index (χ2n) is 4.12. The molecule has 0 saturated carbocycles. The molecule has 4 rings (SSSR count). The van der Waals surface area contributed by atoms with E-state index in [1.54, 1.807) is 22.3 Å². The number of hydrogen-bond acceptors (Lipinski definition) is 0. The van der Waals surface area contributed by atoms with Crippen LogP contribution >= 0.6 is 0 Å². The summed E-state index contributed by atoms with van der Waals surface area (Å²) in [4.78, 5) is 0. The normalized spacial score (nSPS) is 39.3. The van der Waals surface area contributed by atoms with Crippen molar-refractivity contribution in [3.05, 3.63) is 46.6 Å². The van der Waals surface area contributed by atoms with Crippen molar-refractivity contribution in [1.29, 1.82) is 0 Å². The van der Waals surface area contributed by atoms with Gasteiger partial charge in [-0.1, -0.05) is 35.5 Å². The van der Waals surface area contributed by atoms with Crippen molar-refractivity contribution >= 4 is 0 Å². The van der Waals surface area contributed by atoms with Crippen LogP contribution in [0.3, 0.4) is 0 Å². The van der Waals surface area contributed by atoms with Crippen LogP contribution in [0.15, 0.2) is 46.6 Å². The highest BCUT2D eigenvalue weighted by atomic mass is 14.5. The SMILES string of the molecule is C1=CC2=C(CC1)C1C=C1C1C=C21. The molecule has 0 fully saturated rings. The third-order valence-corrected chi connectivity index (χ3v) is 3.44. The molecule has 2 atom stereocenters. The van der Waals surface area contributed by atoms with Gasteiger partial charge in [-0.2, -0.15) is 0 Å². The number of allylic oxidation sites excluding steroid dienone is 8. The van der Waals surface area contributed by atoms with E-state index in [0.29, 0.717) is 0 Å². The maximum atomic E-state index is 2.45. The maximum absolute atomic E-state index is 2.45. The predicted octanol–water partition coefficient (Wildman–Crippen LogP) is 2.76. The van der Waals surface area contributed by atoms with Gasteiger partial charge < -0.3 is 0 Å². The minimum Gasteiger partial charge on any atom is -0.0836 e. The molecule has 0 aromatic rings. The van der Waals surface area contributed by atoms with Crippen molar-refractivity contribution in [2.24, 2.45) is 11.8 Å². The summed E-state index contributed by atoms with van der Waals surface area (Å²) in [6, 6.07) is 0. The van der Waals surface area contributed by atoms with Gasteiger partial charge in [0.1, 0.15) is 0 Å². The molecule has 0 bridgehead atoms. The van der Waals surface area contributed by atoms with E-state index in [0.717, 1.165) is 11.8 Å². The largest absolute Gasteiger partial charge is 0.0836 e. The zero-order valence-electron chi connectivity index (χ0n) is 6.88. The highest BCUT2D eigenvalue weighted by Crippen LogP contribution is 2.60. The third kappa shape index (κ3) is 0.492. The quantitative estimate of drug-likeness (QED) is 0.471. The fourth-order valence-electron chi connectivity index (χ4n) is 2.69. The van der Waals surface area contributed by atoms with E-state index in [4.69, 9.17) is 0 Å². The van der Waals surface area contributed by atoms with Gasteiger partial charge in [-0.25, -0.2) is 0 Å². The minimum absolute atomic E-state index is 0.788. The highest BCUT2D eigenvalue weighted by Gasteiger charge is 2.47. The van der Waals surface area contributed by atoms with Crippen LogP contribution in [0.5, 0.6) is 0 Å². The molecule has 2 unspecified atom stereocenters. The smallest absolute Gasteiger partial charge is 0.0247 e. The Labute approximate surface area is 72.0 Å². The van der Waals surface area contributed by atoms with E-state index in [-0.39, 0.29) is 0 Å². The summed E-state index contributed by atoms with van der Waals surface area (Å²) < 4.78 is 0. The molecule has 0 heteroatoms. The molecular formula is C12H10. The Morgan fingerprint density at radius 1 is 1.17 bits per heavy atom. The van der Waals surface area contributed by atoms with Crippen LogP contribution in [-0.2, 0) is 0 Å². The van der Waals surface area contributed by atoms with Crippen LogP contribution in [0.1, 0.15) is 12.8 Å². The zero-order chi connectivity index (χ0) is 7.71. The molecule has 0 aliphatic heterocycles. The monoisotopic (exact) mass is 154 g/mol. The van der Waals surface area contributed by atoms with Crippen LogP contribution in [-0.4, -0.2) is 0 Å². The number of fused-ring (bicyclic) bond motifs is 5. The van der Waals surface area contributed by atoms with Gasteiger partial charge in [0, 0.05) is 11.8 Å². The van der Waals surface area contributed by atoms with E-state index < -0.39 is 0 Å². The maximum Gasteiger partial charge on any atom is 0.0247 e. The van der Waals surface area contributed by atoms with Crippen molar-refractivity contribution in [2.45, 2.75) is 12.8 Å². The molecule has 58 valence electrons. The third-order valence-electron chi connectivity index (χ3n) is 3.44. The fraction of sp³-hybridized carbons (Fsp3) is 0.333. The molecule has 12 heavy (non-hydrogen) atoms. The lowest BCUT2D eigenvalue weighted by molar-refractivity contribution is 0.811. The van der Waals surface area contributed by atoms with Gasteiger partial charge in [-0.15, -0.1) is 0 Å². The molecule has 0 N–H and O–H groups in total. The summed E-state index contributed by atoms with van der Waals surface area (Å²) in [7, 11) is 0. The van der Waals surface area contributed by atoms with Crippen LogP contribution in [0.25, 0.3) is 0 Å². The average molecular weight is 154 g/mol. The first-order chi connectivity index (χ1) is 5.95. The second-order valence-corrected chi connectivity index (χ2v) is 4.12. The van der Waals surface area contributed by atoms with Crippen molar-refractivity contribution in [3.63, 3.8) is 0 Å². The Morgan fingerprint density at radius 2 is 2.17 bits per heavy atom. The lowest BCUT2D eigenvalue weighted by Gasteiger charge is -2.19. The van der Waals surface area contributed by atoms with E-state index in [9.17, 15) is 0 Å². The molecule has 0 aromatic carbocycles. The summed E-state index contributed by atoms with van der Waals surface area (Å²) in [5, 5.41) is 0. The van der Waals surface area contributed by atoms with Crippen molar-refractivity contribution in [3.8, 4) is 0 Å². The first-order valence-electron chi connectivity index (χ1n) is 4.78. The molecule has 4 aliphatic rings. The van der Waals surface area contributed by atoms with E-state index in [1.165, 1.54) is 12.8 Å². The Balaban J connectivity index is 1.94. The topological polar surface area (TPSA) is 0 Å². The van der Waals surface area contributed by atoms with Crippen molar-refractivity contribution < 1.29 is 0 Å². The Hall–Kier alpha value is -1.04. The first-order valence-corrected chi connectivity index (χ1v) is 4.78. The molecule has 0 spiro atoms. The Kier molecular flexibility index (Phi) is 0.705. The van der Waals surface area contributed by atoms with E-state index >= 15 is 0 Å². The van der Waals surface area contributed by atoms with Crippen LogP contribution in [0, 0.1) is 11.8 Å². The standard InChI is InChI=1S/C12H10/c1-2-4-8-7(3-1)9-5-11(9)12-6-10(8)12/h1,3,5-6,10-11H,2,4H2. The van der Waals surface area contributed by atoms with Gasteiger partial charge in [0.15, 0.2) is 0 Å². The summed E-state index contributed by atoms with van der Waals surface area (Å²) in [5.41, 5.74) is 6.64. The molecule has 0 saturated heterocycles. The molecule has 0 radical (unpaired) electrons. The van der Waals surface area contributed by atoms with Gasteiger partial charge >= 0.3 is 0 Å². The van der Waals surface area contributed by atoms with Gasteiger partial charge in [-0.3, -0.25) is 0 Å². The molecule has 0 heterocycles. The predicted molar refractivity (Wildman–Crippen MR) is 48.5 cm³/mol. The Bertz CT molecular complexity index is 402. The van der Waals surface area contributed by atoms with Gasteiger partial charge in [-0.05, 0) is 24.0 Å². The van der Waals surface area contributed by atoms with E-state index in [2.05, 4.69) is 24.3 Å². The average Bonchev–Trinajstić information content (AvgIpc) is 2.98. The van der Waals surface area contributed by atoms with Crippen molar-refractivity contribution in [2.75, 3.05) is 0 Å². The number of hydrogen-bond donors (Lipinski definition) is 0. The van der Waals surface area contributed by atoms with Crippen LogP contribution < -0.4 is 0 Å². The molecular weight excluding hydrogens is 144 g/mol. The van der Waals surface area contributed by atoms with Crippen molar-refractivity contribution in [1.82, 2.24) is 0 Å². The van der Waals surface area contributed by atoms with Crippen LogP contribution in [0.4, 0.5) is 0 Å². The van der Waals surface area contributed by atoms with Gasteiger partial charge in [0.2, 0.25) is 0 Å². The lowest BCUT2D eigenvalue weighted by Crippen LogP contribution is -2.05. The lowest BCUT2D eigenvalue weighted by atomic mass is 9.85. The number of rotatable bonds is 0. The Morgan fingerprint density at radius 3 is 3.17 bits per heavy atom. The fourth-order valence-corrected chi connectivity index (χ4v) is 2.69. The summed E-state index contributed by atoms with van der Waals surface area (Å²) in [6.45, 7) is 0. The summed E-state index contributed by atoms with van der Waals surface area (Å²) in [5.74, 6) is 1.59. The van der Waals surface area contributed by atoms with Crippen LogP contribution in [0.2, 0.25) is 0 Å². The van der Waals surface area contributed by atoms with Gasteiger partial charge in [0.25, 0.3) is 0 Å². The molecule has 0 amide bonds. The van der Waals surface area contributed by atoms with Gasteiger partial charge in [0.05, 0.1) is 0 Å². The molecule has 4 aliphatic carbocycles. The summed E-state index contributed by atoms with van der Waals surface area (Å²) in [6.07, 6.45) is 12.1. The molecule has 0 aromatic heterocycles. The summed E-state index contributed by atoms with van der Waals surface area (Å²) >= 11 is 0. The van der Waals surface area contributed by atoms with E-state index in [1.807, 2.05) is 0 Å². The zero-order valence-corrected chi connectivity index (χ0v) is 6.88. The minimum atomic E-state index is 0.788.